The monoisotopic (exact) mass is 583 g/mol. The Morgan fingerprint density at radius 2 is 1.00 bits per heavy atom. The van der Waals surface area contributed by atoms with Gasteiger partial charge < -0.3 is 5.11 Å². The second kappa shape index (κ2) is 9.98. The average molecular weight is 585 g/mol. The van der Waals surface area contributed by atoms with Crippen LogP contribution in [-0.2, 0) is 0 Å². The van der Waals surface area contributed by atoms with Crippen molar-refractivity contribution in [2.24, 2.45) is 0 Å². The van der Waals surface area contributed by atoms with Crippen LogP contribution >= 0.6 is 31.9 Å². The van der Waals surface area contributed by atoms with Crippen molar-refractivity contribution in [1.82, 2.24) is 4.98 Å². The third-order valence-corrected chi connectivity index (χ3v) is 7.22. The topological polar surface area (TPSA) is 50.2 Å². The maximum absolute atomic E-state index is 11.3. The zero-order chi connectivity index (χ0) is 24.4. The van der Waals surface area contributed by atoms with E-state index >= 15 is 0 Å². The first-order valence-corrected chi connectivity index (χ1v) is 12.5. The van der Waals surface area contributed by atoms with E-state index in [-0.39, 0.29) is 5.69 Å². The minimum atomic E-state index is -1.04. The predicted molar refractivity (Wildman–Crippen MR) is 148 cm³/mol. The minimum Gasteiger partial charge on any atom is -0.477 e. The van der Waals surface area contributed by atoms with E-state index < -0.39 is 5.97 Å². The van der Waals surface area contributed by atoms with E-state index in [2.05, 4.69) is 73.2 Å². The highest BCUT2D eigenvalue weighted by Gasteiger charge is 2.14. The molecule has 0 aliphatic heterocycles. The molecular weight excluding hydrogens is 566 g/mol. The molecule has 0 saturated carbocycles. The third kappa shape index (κ3) is 4.83. The molecule has 1 N–H and O–H groups in total. The summed E-state index contributed by atoms with van der Waals surface area (Å²) in [4.78, 5) is 15.4. The van der Waals surface area contributed by atoms with Gasteiger partial charge in [-0.3, -0.25) is 0 Å². The van der Waals surface area contributed by atoms with Crippen molar-refractivity contribution in [2.45, 2.75) is 0 Å². The summed E-state index contributed by atoms with van der Waals surface area (Å²) in [6.45, 7) is 0. The molecule has 0 aliphatic rings. The van der Waals surface area contributed by atoms with Crippen LogP contribution in [0.4, 0.5) is 0 Å². The van der Waals surface area contributed by atoms with Gasteiger partial charge in [0.15, 0.2) is 0 Å². The average Bonchev–Trinajstić information content (AvgIpc) is 2.89. The number of aromatic carboxylic acids is 1. The number of carbonyl (C=O) groups is 1. The minimum absolute atomic E-state index is 0.0263. The lowest BCUT2D eigenvalue weighted by Gasteiger charge is -2.15. The maximum Gasteiger partial charge on any atom is 0.354 e. The van der Waals surface area contributed by atoms with Gasteiger partial charge in [0.25, 0.3) is 0 Å². The molecule has 5 aromatic rings. The molecule has 5 rings (SSSR count). The van der Waals surface area contributed by atoms with Crippen LogP contribution in [0.1, 0.15) is 10.5 Å². The molecule has 0 radical (unpaired) electrons. The quantitative estimate of drug-likeness (QED) is 0.224. The maximum atomic E-state index is 11.3. The molecular formula is C30H19Br2NO2. The largest absolute Gasteiger partial charge is 0.477 e. The summed E-state index contributed by atoms with van der Waals surface area (Å²) >= 11 is 7.43. The van der Waals surface area contributed by atoms with E-state index in [1.54, 1.807) is 12.3 Å². The van der Waals surface area contributed by atoms with Crippen molar-refractivity contribution in [2.75, 3.05) is 0 Å². The van der Waals surface area contributed by atoms with Gasteiger partial charge in [-0.2, -0.15) is 0 Å². The highest BCUT2D eigenvalue weighted by atomic mass is 79.9. The number of aromatic nitrogens is 1. The predicted octanol–water partition coefficient (Wildman–Crippen LogP) is 8.97. The second-order valence-corrected chi connectivity index (χ2v) is 9.75. The van der Waals surface area contributed by atoms with Crippen molar-refractivity contribution in [3.63, 3.8) is 0 Å². The van der Waals surface area contributed by atoms with Crippen LogP contribution in [0.25, 0.3) is 44.5 Å². The summed E-state index contributed by atoms with van der Waals surface area (Å²) in [5.41, 5.74) is 8.36. The Hall–Kier alpha value is -3.54. The van der Waals surface area contributed by atoms with Crippen molar-refractivity contribution in [1.29, 1.82) is 0 Å². The Kier molecular flexibility index (Phi) is 6.62. The van der Waals surface area contributed by atoms with Crippen molar-refractivity contribution in [3.8, 4) is 44.5 Å². The summed E-state index contributed by atoms with van der Waals surface area (Å²) < 4.78 is 2.05. The fraction of sp³-hybridized carbons (Fsp3) is 0. The fourth-order valence-corrected chi connectivity index (χ4v) is 5.18. The molecule has 0 bridgehead atoms. The van der Waals surface area contributed by atoms with E-state index in [0.29, 0.717) is 0 Å². The molecule has 1 heterocycles. The van der Waals surface area contributed by atoms with Crippen LogP contribution in [0, 0.1) is 0 Å². The molecule has 0 atom stereocenters. The Morgan fingerprint density at radius 1 is 0.571 bits per heavy atom. The van der Waals surface area contributed by atoms with E-state index in [9.17, 15) is 9.90 Å². The zero-order valence-electron chi connectivity index (χ0n) is 18.5. The van der Waals surface area contributed by atoms with Gasteiger partial charge in [-0.25, -0.2) is 9.78 Å². The smallest absolute Gasteiger partial charge is 0.354 e. The van der Waals surface area contributed by atoms with Crippen LogP contribution in [0.2, 0.25) is 0 Å². The Bertz CT molecular complexity index is 1480. The first-order chi connectivity index (χ1) is 17.0. The molecule has 5 heteroatoms. The van der Waals surface area contributed by atoms with Gasteiger partial charge in [-0.15, -0.1) is 0 Å². The molecule has 0 unspecified atom stereocenters. The molecule has 0 fully saturated rings. The molecule has 0 amide bonds. The Balaban J connectivity index is 1.73. The molecule has 3 nitrogen and oxygen atoms in total. The van der Waals surface area contributed by atoms with Gasteiger partial charge in [0.2, 0.25) is 0 Å². The number of pyridine rings is 1. The Morgan fingerprint density at radius 3 is 1.43 bits per heavy atom. The lowest BCUT2D eigenvalue weighted by atomic mass is 9.90. The van der Waals surface area contributed by atoms with Crippen molar-refractivity contribution < 1.29 is 9.90 Å². The summed E-state index contributed by atoms with van der Waals surface area (Å²) in [5.74, 6) is -1.04. The molecule has 170 valence electrons. The molecule has 0 saturated heterocycles. The number of carboxylic acids is 1. The zero-order valence-corrected chi connectivity index (χ0v) is 21.6. The van der Waals surface area contributed by atoms with E-state index in [1.807, 2.05) is 60.7 Å². The first-order valence-electron chi connectivity index (χ1n) is 11.0. The fourth-order valence-electron chi connectivity index (χ4n) is 4.15. The molecule has 4 aromatic carbocycles. The Labute approximate surface area is 220 Å². The second-order valence-electron chi connectivity index (χ2n) is 8.04. The van der Waals surface area contributed by atoms with E-state index in [4.69, 9.17) is 0 Å². The van der Waals surface area contributed by atoms with Gasteiger partial charge in [0, 0.05) is 20.7 Å². The number of hydrogen-bond donors (Lipinski definition) is 1. The van der Waals surface area contributed by atoms with Gasteiger partial charge >= 0.3 is 5.97 Å². The highest BCUT2D eigenvalue weighted by molar-refractivity contribution is 9.11. The van der Waals surface area contributed by atoms with Gasteiger partial charge in [0.1, 0.15) is 5.69 Å². The highest BCUT2D eigenvalue weighted by Crippen LogP contribution is 2.40. The van der Waals surface area contributed by atoms with Gasteiger partial charge in [-0.05, 0) is 75.3 Å². The number of hydrogen-bond acceptors (Lipinski definition) is 2. The number of carboxylic acid groups (broad SMARTS) is 1. The molecule has 0 aliphatic carbocycles. The number of halogens is 2. The SMILES string of the molecule is O=C(O)c1ccc(-c2ccccc2-c2cc(-c3ccccc3Br)cc(-c3ccccc3Br)c2)cn1. The van der Waals surface area contributed by atoms with E-state index in [1.165, 1.54) is 0 Å². The normalized spacial score (nSPS) is 10.8. The standard InChI is InChI=1S/C30H19Br2NO2/c31-27-11-5-3-9-25(27)21-15-20(16-22(17-21)26-10-4-6-12-28(26)32)24-8-2-1-7-23(24)19-13-14-29(30(34)35)33-18-19/h1-18H,(H,34,35). The van der Waals surface area contributed by atoms with Crippen LogP contribution in [0.15, 0.2) is 118 Å². The van der Waals surface area contributed by atoms with Crippen LogP contribution < -0.4 is 0 Å². The molecule has 0 spiro atoms. The molecule has 35 heavy (non-hydrogen) atoms. The van der Waals surface area contributed by atoms with Crippen molar-refractivity contribution in [3.05, 3.63) is 124 Å². The number of nitrogens with zero attached hydrogens (tertiary/aromatic N) is 1. The summed E-state index contributed by atoms with van der Waals surface area (Å²) in [7, 11) is 0. The lowest BCUT2D eigenvalue weighted by Crippen LogP contribution is -1.99. The summed E-state index contributed by atoms with van der Waals surface area (Å²) in [6.07, 6.45) is 1.62. The third-order valence-electron chi connectivity index (χ3n) is 5.83. The summed E-state index contributed by atoms with van der Waals surface area (Å²) in [5, 5.41) is 9.23. The molecule has 1 aromatic heterocycles. The van der Waals surface area contributed by atoms with Gasteiger partial charge in [0.05, 0.1) is 0 Å². The first kappa shape index (κ1) is 23.2. The van der Waals surface area contributed by atoms with E-state index in [0.717, 1.165) is 53.5 Å². The number of rotatable bonds is 5. The van der Waals surface area contributed by atoms with Crippen LogP contribution in [0.5, 0.6) is 0 Å². The van der Waals surface area contributed by atoms with Crippen LogP contribution in [0.3, 0.4) is 0 Å². The number of benzene rings is 4. The van der Waals surface area contributed by atoms with Crippen LogP contribution in [-0.4, -0.2) is 16.1 Å². The summed E-state index contributed by atoms with van der Waals surface area (Å²) in [6, 6.07) is 34.4. The lowest BCUT2D eigenvalue weighted by molar-refractivity contribution is 0.0690. The van der Waals surface area contributed by atoms with Crippen molar-refractivity contribution >= 4 is 37.8 Å². The van der Waals surface area contributed by atoms with Gasteiger partial charge in [-0.1, -0.05) is 98.6 Å².